The molecule has 114 valence electrons. The highest BCUT2D eigenvalue weighted by Crippen LogP contribution is 2.38. The third kappa shape index (κ3) is 4.88. The maximum Gasteiger partial charge on any atom is 0.203 e. The number of aliphatic hydroxyl groups excluding tert-OH is 1. The summed E-state index contributed by atoms with van der Waals surface area (Å²) in [6.07, 6.45) is 0. The molecule has 0 aromatic heterocycles. The zero-order chi connectivity index (χ0) is 14.8. The molecule has 0 spiro atoms. The highest BCUT2D eigenvalue weighted by molar-refractivity contribution is 5.53. The molecule has 0 aliphatic heterocycles. The van der Waals surface area contributed by atoms with Crippen LogP contribution in [0.4, 0.5) is 0 Å². The van der Waals surface area contributed by atoms with Gasteiger partial charge in [-0.15, -0.1) is 0 Å². The molecule has 0 fully saturated rings. The minimum Gasteiger partial charge on any atom is -0.493 e. The highest BCUT2D eigenvalue weighted by atomic mass is 16.6. The molecule has 2 N–H and O–H groups in total. The summed E-state index contributed by atoms with van der Waals surface area (Å²) in [5, 5.41) is 11.7. The van der Waals surface area contributed by atoms with Crippen LogP contribution >= 0.6 is 0 Å². The fraction of sp³-hybridized carbons (Fsp3) is 0.571. The molecule has 0 heterocycles. The molecule has 0 atom stereocenters. The second-order valence-corrected chi connectivity index (χ2v) is 4.04. The van der Waals surface area contributed by atoms with Crippen molar-refractivity contribution < 1.29 is 24.1 Å². The second kappa shape index (κ2) is 9.41. The fourth-order valence-corrected chi connectivity index (χ4v) is 1.75. The van der Waals surface area contributed by atoms with Crippen LogP contribution in [0.5, 0.6) is 17.2 Å². The summed E-state index contributed by atoms with van der Waals surface area (Å²) in [6, 6.07) is 3.81. The lowest BCUT2D eigenvalue weighted by atomic mass is 10.2. The number of hydrogen-bond acceptors (Lipinski definition) is 6. The van der Waals surface area contributed by atoms with Gasteiger partial charge in [-0.05, 0) is 24.7 Å². The average molecular weight is 285 g/mol. The molecule has 6 heteroatoms. The predicted molar refractivity (Wildman–Crippen MR) is 75.7 cm³/mol. The Labute approximate surface area is 119 Å². The lowest BCUT2D eigenvalue weighted by Gasteiger charge is -2.16. The van der Waals surface area contributed by atoms with E-state index in [2.05, 4.69) is 5.32 Å². The van der Waals surface area contributed by atoms with Gasteiger partial charge in [0, 0.05) is 6.54 Å². The summed E-state index contributed by atoms with van der Waals surface area (Å²) < 4.78 is 21.5. The van der Waals surface area contributed by atoms with Gasteiger partial charge in [-0.25, -0.2) is 0 Å². The van der Waals surface area contributed by atoms with Gasteiger partial charge in [0.05, 0.1) is 34.0 Å². The molecule has 0 aliphatic rings. The Bertz CT molecular complexity index is 372. The van der Waals surface area contributed by atoms with Gasteiger partial charge in [0.25, 0.3) is 0 Å². The van der Waals surface area contributed by atoms with Crippen molar-refractivity contribution in [3.8, 4) is 17.2 Å². The maximum absolute atomic E-state index is 8.62. The van der Waals surface area contributed by atoms with Crippen molar-refractivity contribution in [2.24, 2.45) is 0 Å². The first-order valence-electron chi connectivity index (χ1n) is 6.47. The Morgan fingerprint density at radius 1 is 1.05 bits per heavy atom. The van der Waals surface area contributed by atoms with Gasteiger partial charge in [0.2, 0.25) is 5.75 Å². The molecule has 0 unspecified atom stereocenters. The van der Waals surface area contributed by atoms with Crippen LogP contribution in [0.2, 0.25) is 0 Å². The van der Waals surface area contributed by atoms with Crippen molar-refractivity contribution in [3.05, 3.63) is 17.7 Å². The molecule has 1 aromatic rings. The van der Waals surface area contributed by atoms with Crippen LogP contribution in [-0.2, 0) is 11.3 Å². The first-order chi connectivity index (χ1) is 9.76. The van der Waals surface area contributed by atoms with E-state index in [1.807, 2.05) is 19.2 Å². The van der Waals surface area contributed by atoms with Gasteiger partial charge in [0.1, 0.15) is 6.61 Å². The second-order valence-electron chi connectivity index (χ2n) is 4.04. The van der Waals surface area contributed by atoms with Crippen molar-refractivity contribution in [2.75, 3.05) is 47.7 Å². The topological polar surface area (TPSA) is 69.2 Å². The average Bonchev–Trinajstić information content (AvgIpc) is 2.47. The number of methoxy groups -OCH3 is 2. The summed E-state index contributed by atoms with van der Waals surface area (Å²) in [5.41, 5.74) is 1.05. The number of nitrogens with one attached hydrogen (secondary N) is 1. The van der Waals surface area contributed by atoms with Gasteiger partial charge in [-0.3, -0.25) is 0 Å². The van der Waals surface area contributed by atoms with E-state index in [9.17, 15) is 0 Å². The van der Waals surface area contributed by atoms with E-state index in [1.54, 1.807) is 14.2 Å². The van der Waals surface area contributed by atoms with E-state index >= 15 is 0 Å². The zero-order valence-corrected chi connectivity index (χ0v) is 12.3. The van der Waals surface area contributed by atoms with Crippen LogP contribution in [0.15, 0.2) is 12.1 Å². The molecule has 1 aromatic carbocycles. The van der Waals surface area contributed by atoms with Crippen LogP contribution < -0.4 is 19.5 Å². The van der Waals surface area contributed by atoms with Crippen LogP contribution in [-0.4, -0.2) is 52.8 Å². The Kier molecular flexibility index (Phi) is 7.79. The maximum atomic E-state index is 8.62. The molecule has 1 rings (SSSR count). The molecular weight excluding hydrogens is 262 g/mol. The third-order valence-corrected chi connectivity index (χ3v) is 2.61. The standard InChI is InChI=1S/C14H23NO5/c1-15-10-11-8-12(17-2)14(13(9-11)18-3)20-7-6-19-5-4-16/h8-9,15-16H,4-7,10H2,1-3H3. The van der Waals surface area contributed by atoms with E-state index < -0.39 is 0 Å². The smallest absolute Gasteiger partial charge is 0.203 e. The molecule has 0 saturated carbocycles. The van der Waals surface area contributed by atoms with E-state index in [1.165, 1.54) is 0 Å². The summed E-state index contributed by atoms with van der Waals surface area (Å²) in [4.78, 5) is 0. The molecule has 20 heavy (non-hydrogen) atoms. The summed E-state index contributed by atoms with van der Waals surface area (Å²) in [7, 11) is 5.06. The minimum absolute atomic E-state index is 0.00531. The zero-order valence-electron chi connectivity index (χ0n) is 12.3. The summed E-state index contributed by atoms with van der Waals surface area (Å²) >= 11 is 0. The minimum atomic E-state index is 0.00531. The lowest BCUT2D eigenvalue weighted by Crippen LogP contribution is -2.11. The van der Waals surface area contributed by atoms with Gasteiger partial charge < -0.3 is 29.4 Å². The Hall–Kier alpha value is -1.50. The molecule has 0 bridgehead atoms. The number of benzene rings is 1. The van der Waals surface area contributed by atoms with Crippen LogP contribution in [0.1, 0.15) is 5.56 Å². The van der Waals surface area contributed by atoms with Crippen LogP contribution in [0.3, 0.4) is 0 Å². The molecule has 6 nitrogen and oxygen atoms in total. The van der Waals surface area contributed by atoms with E-state index in [-0.39, 0.29) is 6.61 Å². The Balaban J connectivity index is 2.76. The van der Waals surface area contributed by atoms with Crippen molar-refractivity contribution in [1.82, 2.24) is 5.32 Å². The van der Waals surface area contributed by atoms with Crippen LogP contribution in [0, 0.1) is 0 Å². The first kappa shape index (κ1) is 16.6. The number of aliphatic hydroxyl groups is 1. The monoisotopic (exact) mass is 285 g/mol. The van der Waals surface area contributed by atoms with Gasteiger partial charge in [0.15, 0.2) is 11.5 Å². The lowest BCUT2D eigenvalue weighted by molar-refractivity contribution is 0.0692. The van der Waals surface area contributed by atoms with E-state index in [0.717, 1.165) is 5.56 Å². The van der Waals surface area contributed by atoms with Crippen molar-refractivity contribution in [3.63, 3.8) is 0 Å². The third-order valence-electron chi connectivity index (χ3n) is 2.61. The normalized spacial score (nSPS) is 10.4. The summed E-state index contributed by atoms with van der Waals surface area (Å²) in [5.74, 6) is 1.80. The first-order valence-corrected chi connectivity index (χ1v) is 6.47. The predicted octanol–water partition coefficient (Wildman–Crippen LogP) is 0.811. The number of rotatable bonds is 10. The van der Waals surface area contributed by atoms with Crippen molar-refractivity contribution >= 4 is 0 Å². The van der Waals surface area contributed by atoms with E-state index in [0.29, 0.717) is 43.6 Å². The number of hydrogen-bond donors (Lipinski definition) is 2. The van der Waals surface area contributed by atoms with E-state index in [4.69, 9.17) is 24.1 Å². The Morgan fingerprint density at radius 3 is 2.20 bits per heavy atom. The molecule has 0 amide bonds. The quantitative estimate of drug-likeness (QED) is 0.620. The van der Waals surface area contributed by atoms with Gasteiger partial charge >= 0.3 is 0 Å². The SMILES string of the molecule is CNCc1cc(OC)c(OCCOCCO)c(OC)c1. The van der Waals surface area contributed by atoms with Gasteiger partial charge in [-0.2, -0.15) is 0 Å². The molecule has 0 aliphatic carbocycles. The fourth-order valence-electron chi connectivity index (χ4n) is 1.75. The largest absolute Gasteiger partial charge is 0.493 e. The Morgan fingerprint density at radius 2 is 1.70 bits per heavy atom. The molecular formula is C14H23NO5. The highest BCUT2D eigenvalue weighted by Gasteiger charge is 2.13. The van der Waals surface area contributed by atoms with Crippen LogP contribution in [0.25, 0.3) is 0 Å². The molecule has 0 saturated heterocycles. The number of ether oxygens (including phenoxy) is 4. The molecule has 0 radical (unpaired) electrons. The van der Waals surface area contributed by atoms with Crippen molar-refractivity contribution in [2.45, 2.75) is 6.54 Å². The summed E-state index contributed by atoms with van der Waals surface area (Å²) in [6.45, 7) is 1.78. The van der Waals surface area contributed by atoms with Gasteiger partial charge in [-0.1, -0.05) is 0 Å². The van der Waals surface area contributed by atoms with Crippen molar-refractivity contribution in [1.29, 1.82) is 0 Å².